The minimum Gasteiger partial charge on any atom is -0.451 e. The van der Waals surface area contributed by atoms with Gasteiger partial charge in [0.05, 0.1) is 11.1 Å². The number of thiophene rings is 1. The van der Waals surface area contributed by atoms with E-state index in [1.807, 2.05) is 6.07 Å². The van der Waals surface area contributed by atoms with Crippen LogP contribution in [0.25, 0.3) is 11.3 Å². The van der Waals surface area contributed by atoms with Crippen molar-refractivity contribution < 1.29 is 13.6 Å². The van der Waals surface area contributed by atoms with Crippen molar-refractivity contribution >= 4 is 22.2 Å². The van der Waals surface area contributed by atoms with Crippen LogP contribution in [0.15, 0.2) is 52.3 Å². The summed E-state index contributed by atoms with van der Waals surface area (Å²) in [4.78, 5) is 12.1. The lowest BCUT2D eigenvalue weighted by Crippen LogP contribution is -2.10. The van der Waals surface area contributed by atoms with E-state index >= 15 is 0 Å². The second-order valence-corrected chi connectivity index (χ2v) is 5.29. The van der Waals surface area contributed by atoms with E-state index in [-0.39, 0.29) is 17.1 Å². The Morgan fingerprint density at radius 2 is 2.05 bits per heavy atom. The van der Waals surface area contributed by atoms with E-state index in [9.17, 15) is 9.18 Å². The second-order valence-electron chi connectivity index (χ2n) is 4.37. The molecule has 1 N–H and O–H groups in total. The summed E-state index contributed by atoms with van der Waals surface area (Å²) >= 11 is 1.25. The van der Waals surface area contributed by atoms with E-state index in [4.69, 9.17) is 9.68 Å². The molecule has 6 heteroatoms. The van der Waals surface area contributed by atoms with Gasteiger partial charge in [0, 0.05) is 0 Å². The maximum Gasteiger partial charge on any atom is 0.292 e. The van der Waals surface area contributed by atoms with E-state index < -0.39 is 11.7 Å². The number of hydrogen-bond donors (Lipinski definition) is 1. The number of amides is 1. The summed E-state index contributed by atoms with van der Waals surface area (Å²) < 4.78 is 19.1. The molecular formula is C16H9FN2O2S. The molecule has 0 fully saturated rings. The predicted molar refractivity (Wildman–Crippen MR) is 81.1 cm³/mol. The number of nitrogens with one attached hydrogen (secondary N) is 1. The first kappa shape index (κ1) is 14.0. The maximum atomic E-state index is 13.7. The van der Waals surface area contributed by atoms with Crippen LogP contribution in [0.1, 0.15) is 16.1 Å². The lowest BCUT2D eigenvalue weighted by molar-refractivity contribution is 0.0997. The topological polar surface area (TPSA) is 66.0 Å². The Morgan fingerprint density at radius 1 is 1.23 bits per heavy atom. The third-order valence-corrected chi connectivity index (χ3v) is 3.81. The predicted octanol–water partition coefficient (Wildman–Crippen LogP) is 4.27. The molecule has 1 amide bonds. The molecule has 0 saturated carbocycles. The Bertz CT molecular complexity index is 876. The molecule has 22 heavy (non-hydrogen) atoms. The molecule has 0 bridgehead atoms. The van der Waals surface area contributed by atoms with Crippen molar-refractivity contribution in [2.45, 2.75) is 0 Å². The van der Waals surface area contributed by atoms with E-state index in [0.717, 1.165) is 0 Å². The fourth-order valence-corrected chi connectivity index (χ4v) is 2.66. The average Bonchev–Trinajstić information content (AvgIpc) is 3.16. The van der Waals surface area contributed by atoms with Gasteiger partial charge >= 0.3 is 0 Å². The highest BCUT2D eigenvalue weighted by molar-refractivity contribution is 7.14. The van der Waals surface area contributed by atoms with Crippen LogP contribution in [0.2, 0.25) is 0 Å². The summed E-state index contributed by atoms with van der Waals surface area (Å²) in [5, 5.41) is 13.7. The van der Waals surface area contributed by atoms with Gasteiger partial charge in [0.2, 0.25) is 0 Å². The van der Waals surface area contributed by atoms with Gasteiger partial charge in [-0.05, 0) is 35.7 Å². The number of anilines is 1. The number of nitriles is 1. The lowest BCUT2D eigenvalue weighted by atomic mass is 10.1. The highest BCUT2D eigenvalue weighted by atomic mass is 32.1. The smallest absolute Gasteiger partial charge is 0.292 e. The number of furan rings is 1. The van der Waals surface area contributed by atoms with E-state index in [1.54, 1.807) is 29.6 Å². The number of halogens is 1. The summed E-state index contributed by atoms with van der Waals surface area (Å²) in [6.07, 6.45) is 0. The van der Waals surface area contributed by atoms with Gasteiger partial charge in [0.25, 0.3) is 5.91 Å². The van der Waals surface area contributed by atoms with Crippen LogP contribution >= 0.6 is 11.3 Å². The van der Waals surface area contributed by atoms with Gasteiger partial charge < -0.3 is 9.73 Å². The van der Waals surface area contributed by atoms with Crippen molar-refractivity contribution in [2.75, 3.05) is 5.32 Å². The third-order valence-electron chi connectivity index (χ3n) is 2.98. The van der Waals surface area contributed by atoms with Gasteiger partial charge in [-0.3, -0.25) is 4.79 Å². The van der Waals surface area contributed by atoms with E-state index in [2.05, 4.69) is 5.32 Å². The number of rotatable bonds is 3. The zero-order valence-corrected chi connectivity index (χ0v) is 12.0. The van der Waals surface area contributed by atoms with Crippen molar-refractivity contribution in [1.29, 1.82) is 5.26 Å². The van der Waals surface area contributed by atoms with Crippen molar-refractivity contribution in [3.05, 3.63) is 65.0 Å². The van der Waals surface area contributed by atoms with Crippen LogP contribution in [-0.2, 0) is 0 Å². The number of carbonyl (C=O) groups excluding carboxylic acids is 1. The van der Waals surface area contributed by atoms with E-state index in [1.165, 1.54) is 29.5 Å². The fraction of sp³-hybridized carbons (Fsp3) is 0. The van der Waals surface area contributed by atoms with Crippen LogP contribution in [-0.4, -0.2) is 5.91 Å². The summed E-state index contributed by atoms with van der Waals surface area (Å²) in [5.74, 6) is -0.583. The molecule has 0 unspecified atom stereocenters. The largest absolute Gasteiger partial charge is 0.451 e. The standard InChI is InChI=1S/C16H9FN2O2S/c17-12-4-2-1-3-11(12)13-5-6-14(21-13)15(20)19-16-10(9-18)7-8-22-16/h1-8H,(H,19,20). The first-order valence-electron chi connectivity index (χ1n) is 6.32. The Labute approximate surface area is 129 Å². The quantitative estimate of drug-likeness (QED) is 0.785. The van der Waals surface area contributed by atoms with Crippen LogP contribution in [0.5, 0.6) is 0 Å². The molecule has 0 aliphatic heterocycles. The van der Waals surface area contributed by atoms with Crippen LogP contribution in [0.3, 0.4) is 0 Å². The summed E-state index contributed by atoms with van der Waals surface area (Å²) in [7, 11) is 0. The molecule has 1 aromatic carbocycles. The second kappa shape index (κ2) is 5.84. The lowest BCUT2D eigenvalue weighted by Gasteiger charge is -2.01. The monoisotopic (exact) mass is 312 g/mol. The number of carbonyl (C=O) groups is 1. The number of nitrogens with zero attached hydrogens (tertiary/aromatic N) is 1. The first-order chi connectivity index (χ1) is 10.7. The molecule has 3 rings (SSSR count). The van der Waals surface area contributed by atoms with Gasteiger partial charge in [-0.2, -0.15) is 5.26 Å². The molecule has 4 nitrogen and oxygen atoms in total. The van der Waals surface area contributed by atoms with Crippen LogP contribution in [0, 0.1) is 17.1 Å². The maximum absolute atomic E-state index is 13.7. The van der Waals surface area contributed by atoms with Crippen molar-refractivity contribution in [1.82, 2.24) is 0 Å². The minimum atomic E-state index is -0.485. The Kier molecular flexibility index (Phi) is 3.73. The zero-order valence-electron chi connectivity index (χ0n) is 11.2. The molecule has 0 radical (unpaired) electrons. The molecule has 0 aliphatic rings. The van der Waals surface area contributed by atoms with Crippen molar-refractivity contribution in [3.8, 4) is 17.4 Å². The highest BCUT2D eigenvalue weighted by Crippen LogP contribution is 2.26. The highest BCUT2D eigenvalue weighted by Gasteiger charge is 2.16. The Balaban J connectivity index is 1.84. The number of hydrogen-bond acceptors (Lipinski definition) is 4. The molecular weight excluding hydrogens is 303 g/mol. The summed E-state index contributed by atoms with van der Waals surface area (Å²) in [6, 6.07) is 12.8. The molecule has 0 aliphatic carbocycles. The normalized spacial score (nSPS) is 10.2. The molecule has 0 spiro atoms. The molecule has 2 aromatic heterocycles. The fourth-order valence-electron chi connectivity index (χ4n) is 1.92. The first-order valence-corrected chi connectivity index (χ1v) is 7.20. The van der Waals surface area contributed by atoms with Crippen LogP contribution in [0.4, 0.5) is 9.39 Å². The Hall–Kier alpha value is -2.91. The van der Waals surface area contributed by atoms with Gasteiger partial charge in [0.15, 0.2) is 5.76 Å². The third kappa shape index (κ3) is 2.62. The van der Waals surface area contributed by atoms with Crippen molar-refractivity contribution in [3.63, 3.8) is 0 Å². The van der Waals surface area contributed by atoms with Gasteiger partial charge in [-0.1, -0.05) is 12.1 Å². The minimum absolute atomic E-state index is 0.0514. The zero-order chi connectivity index (χ0) is 15.5. The molecule has 3 aromatic rings. The molecule has 2 heterocycles. The average molecular weight is 312 g/mol. The summed E-state index contributed by atoms with van der Waals surface area (Å²) in [6.45, 7) is 0. The van der Waals surface area contributed by atoms with Gasteiger partial charge in [-0.15, -0.1) is 11.3 Å². The van der Waals surface area contributed by atoms with E-state index in [0.29, 0.717) is 10.6 Å². The van der Waals surface area contributed by atoms with Crippen LogP contribution < -0.4 is 5.32 Å². The van der Waals surface area contributed by atoms with Crippen molar-refractivity contribution in [2.24, 2.45) is 0 Å². The molecule has 108 valence electrons. The summed E-state index contributed by atoms with van der Waals surface area (Å²) in [5.41, 5.74) is 0.676. The number of benzene rings is 1. The molecule has 0 atom stereocenters. The SMILES string of the molecule is N#Cc1ccsc1NC(=O)c1ccc(-c2ccccc2F)o1. The van der Waals surface area contributed by atoms with Gasteiger partial charge in [0.1, 0.15) is 22.6 Å². The molecule has 0 saturated heterocycles. The van der Waals surface area contributed by atoms with Gasteiger partial charge in [-0.25, -0.2) is 4.39 Å². The Morgan fingerprint density at radius 3 is 2.82 bits per heavy atom.